The Morgan fingerprint density at radius 3 is 2.31 bits per heavy atom. The summed E-state index contributed by atoms with van der Waals surface area (Å²) in [6, 6.07) is 14.4. The molecule has 4 nitrogen and oxygen atoms in total. The molecular weight excluding hydrogens is 392 g/mol. The van der Waals surface area contributed by atoms with Crippen molar-refractivity contribution in [3.63, 3.8) is 0 Å². The molecule has 0 spiro atoms. The van der Waals surface area contributed by atoms with Crippen LogP contribution in [-0.2, 0) is 0 Å². The fraction of sp³-hybridized carbons (Fsp3) is 0.333. The Morgan fingerprint density at radius 2 is 1.62 bits per heavy atom. The topological polar surface area (TPSA) is 58.2 Å². The third kappa shape index (κ3) is 5.70. The molecule has 26 heavy (non-hydrogen) atoms. The third-order valence-corrected chi connectivity index (χ3v) is 4.85. The second kappa shape index (κ2) is 10.1. The van der Waals surface area contributed by atoms with Crippen LogP contribution in [0.3, 0.4) is 0 Å². The summed E-state index contributed by atoms with van der Waals surface area (Å²) in [6.07, 6.45) is 4.37. The van der Waals surface area contributed by atoms with Crippen LogP contribution in [0.25, 0.3) is 0 Å². The second-order valence-corrected chi connectivity index (χ2v) is 7.20. The molecule has 0 heterocycles. The molecule has 0 radical (unpaired) electrons. The van der Waals surface area contributed by atoms with Gasteiger partial charge in [0.05, 0.1) is 16.8 Å². The van der Waals surface area contributed by atoms with Crippen LogP contribution < -0.4 is 10.6 Å². The molecule has 0 aliphatic carbocycles. The van der Waals surface area contributed by atoms with Gasteiger partial charge >= 0.3 is 0 Å². The largest absolute Gasteiger partial charge is 0.350 e. The van der Waals surface area contributed by atoms with Gasteiger partial charge in [-0.15, -0.1) is 0 Å². The van der Waals surface area contributed by atoms with Crippen LogP contribution in [0.5, 0.6) is 0 Å². The fourth-order valence-electron chi connectivity index (χ4n) is 2.70. The Labute approximate surface area is 163 Å². The van der Waals surface area contributed by atoms with Gasteiger partial charge in [-0.05, 0) is 53.5 Å². The molecule has 0 fully saturated rings. The summed E-state index contributed by atoms with van der Waals surface area (Å²) < 4.78 is 0.712. The minimum atomic E-state index is -0.256. The van der Waals surface area contributed by atoms with Crippen LogP contribution in [0.2, 0.25) is 0 Å². The van der Waals surface area contributed by atoms with Crippen molar-refractivity contribution < 1.29 is 9.59 Å². The normalized spacial score (nSPS) is 11.7. The molecule has 2 N–H and O–H groups in total. The number of amides is 2. The molecule has 0 bridgehead atoms. The molecule has 0 aromatic heterocycles. The van der Waals surface area contributed by atoms with Crippen molar-refractivity contribution in [3.8, 4) is 0 Å². The molecule has 2 rings (SSSR count). The molecule has 0 saturated carbocycles. The summed E-state index contributed by atoms with van der Waals surface area (Å²) in [5.74, 6) is -0.425. The molecule has 1 unspecified atom stereocenters. The van der Waals surface area contributed by atoms with E-state index in [2.05, 4.69) is 33.5 Å². The maximum Gasteiger partial charge on any atom is 0.256 e. The van der Waals surface area contributed by atoms with Gasteiger partial charge in [-0.2, -0.15) is 0 Å². The van der Waals surface area contributed by atoms with Gasteiger partial charge in [0.2, 0.25) is 0 Å². The molecule has 2 amide bonds. The van der Waals surface area contributed by atoms with E-state index in [0.717, 1.165) is 19.3 Å². The summed E-state index contributed by atoms with van der Waals surface area (Å²) in [4.78, 5) is 25.2. The van der Waals surface area contributed by atoms with Gasteiger partial charge in [0, 0.05) is 10.5 Å². The van der Waals surface area contributed by atoms with Crippen molar-refractivity contribution in [2.75, 3.05) is 5.32 Å². The number of hydrogen-bond acceptors (Lipinski definition) is 2. The van der Waals surface area contributed by atoms with E-state index in [0.29, 0.717) is 21.3 Å². The molecule has 138 valence electrons. The number of carbonyl (C=O) groups excluding carboxylic acids is 2. The maximum atomic E-state index is 12.6. The van der Waals surface area contributed by atoms with Gasteiger partial charge in [0.1, 0.15) is 0 Å². The lowest BCUT2D eigenvalue weighted by atomic mass is 10.1. The number of anilines is 1. The van der Waals surface area contributed by atoms with Gasteiger partial charge in [-0.1, -0.05) is 50.5 Å². The number of unbranched alkanes of at least 4 members (excludes halogenated alkanes) is 2. The van der Waals surface area contributed by atoms with E-state index in [1.54, 1.807) is 36.4 Å². The van der Waals surface area contributed by atoms with Crippen LogP contribution in [0, 0.1) is 0 Å². The van der Waals surface area contributed by atoms with Gasteiger partial charge in [0.15, 0.2) is 0 Å². The van der Waals surface area contributed by atoms with Crippen molar-refractivity contribution in [1.82, 2.24) is 5.32 Å². The third-order valence-electron chi connectivity index (χ3n) is 4.16. The van der Waals surface area contributed by atoms with E-state index < -0.39 is 0 Å². The summed E-state index contributed by atoms with van der Waals surface area (Å²) >= 11 is 3.38. The highest BCUT2D eigenvalue weighted by molar-refractivity contribution is 9.10. The maximum absolute atomic E-state index is 12.6. The number of hydrogen-bond donors (Lipinski definition) is 2. The lowest BCUT2D eigenvalue weighted by Crippen LogP contribution is -2.33. The molecule has 0 aliphatic rings. The molecule has 0 saturated heterocycles. The lowest BCUT2D eigenvalue weighted by Gasteiger charge is -2.16. The first-order valence-corrected chi connectivity index (χ1v) is 9.78. The first-order chi connectivity index (χ1) is 12.5. The van der Waals surface area contributed by atoms with Crippen molar-refractivity contribution in [1.29, 1.82) is 0 Å². The predicted octanol–water partition coefficient (Wildman–Crippen LogP) is 5.40. The summed E-state index contributed by atoms with van der Waals surface area (Å²) in [5.41, 5.74) is 1.50. The van der Waals surface area contributed by atoms with Crippen LogP contribution in [0.1, 0.15) is 60.2 Å². The van der Waals surface area contributed by atoms with Crippen molar-refractivity contribution >= 4 is 33.4 Å². The van der Waals surface area contributed by atoms with Crippen molar-refractivity contribution in [3.05, 3.63) is 64.1 Å². The summed E-state index contributed by atoms with van der Waals surface area (Å²) in [7, 11) is 0. The number of nitrogens with one attached hydrogen (secondary N) is 2. The molecular formula is C21H25BrN2O2. The van der Waals surface area contributed by atoms with Crippen molar-refractivity contribution in [2.45, 2.75) is 45.6 Å². The van der Waals surface area contributed by atoms with Gasteiger partial charge < -0.3 is 10.6 Å². The molecule has 2 aromatic rings. The average Bonchev–Trinajstić information content (AvgIpc) is 2.62. The van der Waals surface area contributed by atoms with E-state index in [1.165, 1.54) is 6.42 Å². The highest BCUT2D eigenvalue weighted by Crippen LogP contribution is 2.20. The Kier molecular flexibility index (Phi) is 7.85. The molecule has 1 atom stereocenters. The lowest BCUT2D eigenvalue weighted by molar-refractivity contribution is 0.0939. The monoisotopic (exact) mass is 416 g/mol. The van der Waals surface area contributed by atoms with E-state index in [-0.39, 0.29) is 17.9 Å². The smallest absolute Gasteiger partial charge is 0.256 e. The molecule has 5 heteroatoms. The Morgan fingerprint density at radius 1 is 0.962 bits per heavy atom. The summed E-state index contributed by atoms with van der Waals surface area (Å²) in [5, 5.41) is 5.86. The summed E-state index contributed by atoms with van der Waals surface area (Å²) in [6.45, 7) is 4.17. The SMILES string of the molecule is CCCCCC(C)NC(=O)c1ccccc1NC(=O)c1ccccc1Br. The van der Waals surface area contributed by atoms with E-state index in [9.17, 15) is 9.59 Å². The predicted molar refractivity (Wildman–Crippen MR) is 110 cm³/mol. The van der Waals surface area contributed by atoms with Crippen LogP contribution in [0.15, 0.2) is 53.0 Å². The van der Waals surface area contributed by atoms with E-state index in [1.807, 2.05) is 19.1 Å². The number of benzene rings is 2. The minimum Gasteiger partial charge on any atom is -0.350 e. The highest BCUT2D eigenvalue weighted by Gasteiger charge is 2.16. The molecule has 2 aromatic carbocycles. The average molecular weight is 417 g/mol. The van der Waals surface area contributed by atoms with Crippen LogP contribution in [-0.4, -0.2) is 17.9 Å². The van der Waals surface area contributed by atoms with Gasteiger partial charge in [0.25, 0.3) is 11.8 Å². The van der Waals surface area contributed by atoms with E-state index in [4.69, 9.17) is 0 Å². The fourth-order valence-corrected chi connectivity index (χ4v) is 3.16. The van der Waals surface area contributed by atoms with Gasteiger partial charge in [-0.25, -0.2) is 0 Å². The highest BCUT2D eigenvalue weighted by atomic mass is 79.9. The quantitative estimate of drug-likeness (QED) is 0.565. The standard InChI is InChI=1S/C21H25BrN2O2/c1-3-4-5-10-15(2)23-21(26)17-12-7-9-14-19(17)24-20(25)16-11-6-8-13-18(16)22/h6-9,11-15H,3-5,10H2,1-2H3,(H,23,26)(H,24,25). The van der Waals surface area contributed by atoms with Crippen LogP contribution >= 0.6 is 15.9 Å². The first-order valence-electron chi connectivity index (χ1n) is 8.98. The first kappa shape index (κ1) is 20.2. The van der Waals surface area contributed by atoms with Crippen LogP contribution in [0.4, 0.5) is 5.69 Å². The number of rotatable bonds is 8. The van der Waals surface area contributed by atoms with E-state index >= 15 is 0 Å². The van der Waals surface area contributed by atoms with Crippen molar-refractivity contribution in [2.24, 2.45) is 0 Å². The zero-order valence-corrected chi connectivity index (χ0v) is 16.8. The second-order valence-electron chi connectivity index (χ2n) is 6.35. The number of halogens is 1. The minimum absolute atomic E-state index is 0.0982. The number of para-hydroxylation sites is 1. The number of carbonyl (C=O) groups is 2. The zero-order valence-electron chi connectivity index (χ0n) is 15.2. The van der Waals surface area contributed by atoms with Gasteiger partial charge in [-0.3, -0.25) is 9.59 Å². The Balaban J connectivity index is 2.08. The molecule has 0 aliphatic heterocycles. The Hall–Kier alpha value is -2.14. The zero-order chi connectivity index (χ0) is 18.9. The Bertz CT molecular complexity index is 761.